The second-order valence-corrected chi connectivity index (χ2v) is 7.14. The Morgan fingerprint density at radius 1 is 1.06 bits per heavy atom. The highest BCUT2D eigenvalue weighted by Crippen LogP contribution is 2.27. The minimum Gasteiger partial charge on any atom is -0.491 e. The Morgan fingerprint density at radius 3 is 2.73 bits per heavy atom. The molecule has 4 N–H and O–H groups in total. The first-order valence-electron chi connectivity index (χ1n) is 10.4. The van der Waals surface area contributed by atoms with E-state index in [4.69, 9.17) is 24.1 Å². The number of amides is 1. The molecule has 4 rings (SSSR count). The number of imidazole rings is 1. The van der Waals surface area contributed by atoms with Gasteiger partial charge in [0.15, 0.2) is 5.58 Å². The first kappa shape index (κ1) is 22.5. The van der Waals surface area contributed by atoms with Gasteiger partial charge in [0.1, 0.15) is 17.9 Å². The molecule has 0 radical (unpaired) electrons. The predicted molar refractivity (Wildman–Crippen MR) is 121 cm³/mol. The molecule has 2 aromatic heterocycles. The molecule has 2 heterocycles. The van der Waals surface area contributed by atoms with Crippen LogP contribution in [-0.2, 0) is 11.8 Å². The van der Waals surface area contributed by atoms with E-state index in [2.05, 4.69) is 20.6 Å². The number of hydrogen-bond donors (Lipinski definition) is 4. The fourth-order valence-corrected chi connectivity index (χ4v) is 3.27. The molecule has 0 fully saturated rings. The molecule has 11 nitrogen and oxygen atoms in total. The first-order chi connectivity index (χ1) is 16.1. The molecule has 0 aliphatic rings. The Morgan fingerprint density at radius 2 is 1.91 bits per heavy atom. The third-order valence-electron chi connectivity index (χ3n) is 4.85. The fourth-order valence-electron chi connectivity index (χ4n) is 3.27. The second kappa shape index (κ2) is 10.3. The van der Waals surface area contributed by atoms with E-state index in [1.807, 2.05) is 17.7 Å². The highest BCUT2D eigenvalue weighted by atomic mass is 16.5. The van der Waals surface area contributed by atoms with Crippen molar-refractivity contribution < 1.29 is 28.9 Å². The number of oxazole rings is 1. The molecular formula is C22H25N5O6. The topological polar surface area (TPSA) is 144 Å². The van der Waals surface area contributed by atoms with Crippen molar-refractivity contribution in [2.45, 2.75) is 0 Å². The van der Waals surface area contributed by atoms with Gasteiger partial charge >= 0.3 is 6.01 Å². The predicted octanol–water partition coefficient (Wildman–Crippen LogP) is 1.57. The molecule has 0 spiro atoms. The average Bonchev–Trinajstić information content (AvgIpc) is 3.36. The summed E-state index contributed by atoms with van der Waals surface area (Å²) >= 11 is 0. The largest absolute Gasteiger partial charge is 0.491 e. The SMILES string of the molecule is Cn1c(Nc2nc3ccc(OCCO)cc3o2)nc2cc(C(=O)NCCOCCO)ccc21. The van der Waals surface area contributed by atoms with Gasteiger partial charge in [-0.05, 0) is 30.3 Å². The normalized spacial score (nSPS) is 11.2. The number of aromatic nitrogens is 3. The summed E-state index contributed by atoms with van der Waals surface area (Å²) in [5.41, 5.74) is 3.13. The summed E-state index contributed by atoms with van der Waals surface area (Å²) in [6, 6.07) is 10.8. The number of aryl methyl sites for hydroxylation is 1. The van der Waals surface area contributed by atoms with Gasteiger partial charge in [-0.1, -0.05) is 0 Å². The van der Waals surface area contributed by atoms with Gasteiger partial charge in [0.25, 0.3) is 5.91 Å². The van der Waals surface area contributed by atoms with Crippen molar-refractivity contribution in [1.29, 1.82) is 0 Å². The van der Waals surface area contributed by atoms with Crippen LogP contribution in [0, 0.1) is 0 Å². The molecule has 0 saturated carbocycles. The van der Waals surface area contributed by atoms with Crippen LogP contribution in [0.15, 0.2) is 40.8 Å². The summed E-state index contributed by atoms with van der Waals surface area (Å²) in [6.45, 7) is 0.981. The van der Waals surface area contributed by atoms with E-state index in [9.17, 15) is 4.79 Å². The quantitative estimate of drug-likeness (QED) is 0.248. The van der Waals surface area contributed by atoms with Crippen LogP contribution in [0.3, 0.4) is 0 Å². The number of rotatable bonds is 11. The molecule has 2 aromatic carbocycles. The maximum Gasteiger partial charge on any atom is 0.302 e. The number of nitrogens with zero attached hydrogens (tertiary/aromatic N) is 3. The minimum atomic E-state index is -0.233. The molecule has 174 valence electrons. The monoisotopic (exact) mass is 455 g/mol. The summed E-state index contributed by atoms with van der Waals surface area (Å²) in [4.78, 5) is 21.4. The number of nitrogens with one attached hydrogen (secondary N) is 2. The van der Waals surface area contributed by atoms with Crippen molar-refractivity contribution in [3.05, 3.63) is 42.0 Å². The Hall–Kier alpha value is -3.67. The van der Waals surface area contributed by atoms with Crippen LogP contribution in [0.5, 0.6) is 5.75 Å². The van der Waals surface area contributed by atoms with Crippen molar-refractivity contribution >= 4 is 40.0 Å². The molecule has 0 atom stereocenters. The van der Waals surface area contributed by atoms with Gasteiger partial charge in [0.05, 0.1) is 37.5 Å². The number of hydrogen-bond acceptors (Lipinski definition) is 9. The van der Waals surface area contributed by atoms with Crippen molar-refractivity contribution in [1.82, 2.24) is 19.9 Å². The number of benzene rings is 2. The van der Waals surface area contributed by atoms with Crippen LogP contribution >= 0.6 is 0 Å². The average molecular weight is 455 g/mol. The maximum absolute atomic E-state index is 12.4. The van der Waals surface area contributed by atoms with Crippen LogP contribution in [0.25, 0.3) is 22.1 Å². The highest BCUT2D eigenvalue weighted by molar-refractivity contribution is 5.97. The smallest absolute Gasteiger partial charge is 0.302 e. The Balaban J connectivity index is 1.48. The molecule has 1 amide bonds. The Labute approximate surface area is 189 Å². The number of aliphatic hydroxyl groups excluding tert-OH is 2. The highest BCUT2D eigenvalue weighted by Gasteiger charge is 2.14. The van der Waals surface area contributed by atoms with Crippen molar-refractivity contribution in [3.8, 4) is 5.75 Å². The van der Waals surface area contributed by atoms with Crippen LogP contribution in [0.1, 0.15) is 10.4 Å². The molecular weight excluding hydrogens is 430 g/mol. The zero-order valence-corrected chi connectivity index (χ0v) is 18.1. The van der Waals surface area contributed by atoms with Crippen LogP contribution in [-0.4, -0.2) is 70.2 Å². The third kappa shape index (κ3) is 5.22. The van der Waals surface area contributed by atoms with Crippen molar-refractivity contribution in [3.63, 3.8) is 0 Å². The number of aliphatic hydroxyl groups is 2. The molecule has 4 aromatic rings. The van der Waals surface area contributed by atoms with E-state index < -0.39 is 0 Å². The molecule has 0 bridgehead atoms. The number of carbonyl (C=O) groups is 1. The fraction of sp³-hybridized carbons (Fsp3) is 0.318. The summed E-state index contributed by atoms with van der Waals surface area (Å²) < 4.78 is 18.1. The van der Waals surface area contributed by atoms with E-state index in [1.165, 1.54) is 0 Å². The van der Waals surface area contributed by atoms with Crippen LogP contribution < -0.4 is 15.4 Å². The summed E-state index contributed by atoms with van der Waals surface area (Å²) in [5.74, 6) is 0.846. The lowest BCUT2D eigenvalue weighted by atomic mass is 10.2. The first-order valence-corrected chi connectivity index (χ1v) is 10.4. The van der Waals surface area contributed by atoms with Gasteiger partial charge in [-0.15, -0.1) is 0 Å². The third-order valence-corrected chi connectivity index (χ3v) is 4.85. The van der Waals surface area contributed by atoms with Crippen LogP contribution in [0.2, 0.25) is 0 Å². The van der Waals surface area contributed by atoms with Gasteiger partial charge in [0, 0.05) is 25.2 Å². The van der Waals surface area contributed by atoms with E-state index >= 15 is 0 Å². The zero-order valence-electron chi connectivity index (χ0n) is 18.1. The number of fused-ring (bicyclic) bond motifs is 2. The lowest BCUT2D eigenvalue weighted by molar-refractivity contribution is 0.0838. The number of carbonyl (C=O) groups excluding carboxylic acids is 1. The molecule has 33 heavy (non-hydrogen) atoms. The molecule has 0 aliphatic heterocycles. The second-order valence-electron chi connectivity index (χ2n) is 7.14. The van der Waals surface area contributed by atoms with Crippen molar-refractivity contribution in [2.75, 3.05) is 44.9 Å². The molecule has 0 unspecified atom stereocenters. The summed E-state index contributed by atoms with van der Waals surface area (Å²) in [7, 11) is 1.85. The number of ether oxygens (including phenoxy) is 2. The van der Waals surface area contributed by atoms with E-state index in [1.54, 1.807) is 30.3 Å². The summed E-state index contributed by atoms with van der Waals surface area (Å²) in [6.07, 6.45) is 0. The molecule has 11 heteroatoms. The van der Waals surface area contributed by atoms with E-state index in [-0.39, 0.29) is 38.3 Å². The Bertz CT molecular complexity index is 1250. The zero-order chi connectivity index (χ0) is 23.2. The van der Waals surface area contributed by atoms with E-state index in [0.717, 1.165) is 5.52 Å². The molecule has 0 aliphatic carbocycles. The standard InChI is InChI=1S/C22H25N5O6/c1-27-18-5-2-14(20(30)23-6-9-31-10-7-28)12-17(18)24-21(27)26-22-25-16-4-3-15(32-11-8-29)13-19(16)33-22/h2-5,12-13,28-29H,6-11H2,1H3,(H,23,30)(H,24,25,26). The lowest BCUT2D eigenvalue weighted by Gasteiger charge is -2.06. The van der Waals surface area contributed by atoms with Gasteiger partial charge in [0.2, 0.25) is 5.95 Å². The summed E-state index contributed by atoms with van der Waals surface area (Å²) in [5, 5.41) is 23.4. The maximum atomic E-state index is 12.4. The van der Waals surface area contributed by atoms with Crippen molar-refractivity contribution in [2.24, 2.45) is 7.05 Å². The van der Waals surface area contributed by atoms with Gasteiger partial charge in [-0.2, -0.15) is 4.98 Å². The lowest BCUT2D eigenvalue weighted by Crippen LogP contribution is -2.27. The van der Waals surface area contributed by atoms with Gasteiger partial charge < -0.3 is 34.0 Å². The van der Waals surface area contributed by atoms with Gasteiger partial charge in [-0.25, -0.2) is 4.98 Å². The minimum absolute atomic E-state index is 0.0513. The molecule has 0 saturated heterocycles. The van der Waals surface area contributed by atoms with Gasteiger partial charge in [-0.3, -0.25) is 10.1 Å². The Kier molecular flexibility index (Phi) is 7.03. The number of anilines is 2. The van der Waals surface area contributed by atoms with Crippen LogP contribution in [0.4, 0.5) is 12.0 Å². The van der Waals surface area contributed by atoms with E-state index in [0.29, 0.717) is 47.0 Å².